The van der Waals surface area contributed by atoms with Gasteiger partial charge in [-0.3, -0.25) is 15.1 Å². The first-order valence-corrected chi connectivity index (χ1v) is 5.09. The second kappa shape index (κ2) is 5.03. The van der Waals surface area contributed by atoms with E-state index in [0.29, 0.717) is 5.56 Å². The van der Waals surface area contributed by atoms with Crippen LogP contribution in [0.5, 0.6) is 0 Å². The molecule has 0 amide bonds. The van der Waals surface area contributed by atoms with E-state index in [2.05, 4.69) is 4.98 Å². The molecule has 0 saturated heterocycles. The first-order valence-electron chi connectivity index (χ1n) is 5.09. The Hall–Kier alpha value is -2.49. The van der Waals surface area contributed by atoms with E-state index in [9.17, 15) is 10.1 Å². The van der Waals surface area contributed by atoms with Crippen molar-refractivity contribution in [3.8, 4) is 0 Å². The van der Waals surface area contributed by atoms with Crippen LogP contribution in [0.2, 0.25) is 0 Å². The number of rotatable bonds is 3. The van der Waals surface area contributed by atoms with Crippen LogP contribution in [-0.2, 0) is 0 Å². The van der Waals surface area contributed by atoms with Gasteiger partial charge in [-0.05, 0) is 23.8 Å². The van der Waals surface area contributed by atoms with Gasteiger partial charge in [-0.2, -0.15) is 0 Å². The molecule has 17 heavy (non-hydrogen) atoms. The fraction of sp³-hybridized carbons (Fsp3) is 0. The summed E-state index contributed by atoms with van der Waals surface area (Å²) in [6.07, 6.45) is 6.90. The molecule has 0 aliphatic heterocycles. The number of para-hydroxylation sites is 1. The van der Waals surface area contributed by atoms with Crippen LogP contribution in [0.4, 0.5) is 5.69 Å². The molecule has 2 aromatic rings. The molecular formula is C13H10N2O2. The number of benzene rings is 1. The number of nitro benzene ring substituents is 1. The molecule has 0 aliphatic rings. The van der Waals surface area contributed by atoms with E-state index in [0.717, 1.165) is 5.56 Å². The van der Waals surface area contributed by atoms with E-state index in [4.69, 9.17) is 0 Å². The van der Waals surface area contributed by atoms with Crippen LogP contribution in [-0.4, -0.2) is 9.91 Å². The molecule has 4 nitrogen and oxygen atoms in total. The molecule has 0 N–H and O–H groups in total. The fourth-order valence-corrected chi connectivity index (χ4v) is 1.46. The minimum atomic E-state index is -0.386. The summed E-state index contributed by atoms with van der Waals surface area (Å²) in [7, 11) is 0. The predicted octanol–water partition coefficient (Wildman–Crippen LogP) is 3.16. The van der Waals surface area contributed by atoms with Gasteiger partial charge in [0.15, 0.2) is 0 Å². The summed E-state index contributed by atoms with van der Waals surface area (Å²) in [4.78, 5) is 14.4. The van der Waals surface area contributed by atoms with Crippen molar-refractivity contribution in [2.24, 2.45) is 0 Å². The SMILES string of the molecule is O=[N+]([O-])c1ccccc1/C=C\c1cccnc1. The summed E-state index contributed by atoms with van der Waals surface area (Å²) in [6.45, 7) is 0. The van der Waals surface area contributed by atoms with Crippen molar-refractivity contribution in [2.45, 2.75) is 0 Å². The Bertz CT molecular complexity index is 550. The lowest BCUT2D eigenvalue weighted by atomic mass is 10.1. The lowest BCUT2D eigenvalue weighted by Gasteiger charge is -1.96. The van der Waals surface area contributed by atoms with Crippen molar-refractivity contribution < 1.29 is 4.92 Å². The van der Waals surface area contributed by atoms with E-state index in [1.807, 2.05) is 12.1 Å². The van der Waals surface area contributed by atoms with Crippen molar-refractivity contribution in [1.29, 1.82) is 0 Å². The summed E-state index contributed by atoms with van der Waals surface area (Å²) in [5, 5.41) is 10.8. The second-order valence-electron chi connectivity index (χ2n) is 3.44. The maximum absolute atomic E-state index is 10.8. The molecule has 84 valence electrons. The molecule has 0 spiro atoms. The van der Waals surface area contributed by atoms with Gasteiger partial charge in [0.1, 0.15) is 0 Å². The van der Waals surface area contributed by atoms with Gasteiger partial charge in [0.2, 0.25) is 0 Å². The van der Waals surface area contributed by atoms with Crippen LogP contribution in [0.3, 0.4) is 0 Å². The van der Waals surface area contributed by atoms with Crippen molar-refractivity contribution in [3.63, 3.8) is 0 Å². The zero-order valence-corrected chi connectivity index (χ0v) is 8.98. The molecule has 1 aromatic carbocycles. The summed E-state index contributed by atoms with van der Waals surface area (Å²) < 4.78 is 0. The van der Waals surface area contributed by atoms with Gasteiger partial charge >= 0.3 is 0 Å². The molecular weight excluding hydrogens is 216 g/mol. The first kappa shape index (κ1) is 11.0. The molecule has 0 atom stereocenters. The molecule has 1 aromatic heterocycles. The summed E-state index contributed by atoms with van der Waals surface area (Å²) in [5.74, 6) is 0. The van der Waals surface area contributed by atoms with Crippen molar-refractivity contribution in [3.05, 3.63) is 70.0 Å². The molecule has 0 aliphatic carbocycles. The topological polar surface area (TPSA) is 56.0 Å². The van der Waals surface area contributed by atoms with Crippen LogP contribution in [0.25, 0.3) is 12.2 Å². The van der Waals surface area contributed by atoms with Crippen LogP contribution in [0.15, 0.2) is 48.8 Å². The summed E-state index contributed by atoms with van der Waals surface area (Å²) in [6, 6.07) is 10.3. The average Bonchev–Trinajstić information content (AvgIpc) is 2.38. The maximum atomic E-state index is 10.8. The third kappa shape index (κ3) is 2.75. The molecule has 0 unspecified atom stereocenters. The second-order valence-corrected chi connectivity index (χ2v) is 3.44. The Balaban J connectivity index is 2.30. The normalized spacial score (nSPS) is 10.6. The third-order valence-corrected chi connectivity index (χ3v) is 2.27. The molecule has 2 rings (SSSR count). The minimum absolute atomic E-state index is 0.104. The Morgan fingerprint density at radius 3 is 2.65 bits per heavy atom. The van der Waals surface area contributed by atoms with Crippen molar-refractivity contribution in [1.82, 2.24) is 4.98 Å². The molecule has 0 saturated carbocycles. The third-order valence-electron chi connectivity index (χ3n) is 2.27. The van der Waals surface area contributed by atoms with Gasteiger partial charge in [-0.1, -0.05) is 24.3 Å². The molecule has 0 fully saturated rings. The van der Waals surface area contributed by atoms with Crippen molar-refractivity contribution in [2.75, 3.05) is 0 Å². The van der Waals surface area contributed by atoms with Gasteiger partial charge < -0.3 is 0 Å². The summed E-state index contributed by atoms with van der Waals surface area (Å²) in [5.41, 5.74) is 1.60. The highest BCUT2D eigenvalue weighted by atomic mass is 16.6. The maximum Gasteiger partial charge on any atom is 0.276 e. The number of aromatic nitrogens is 1. The monoisotopic (exact) mass is 226 g/mol. The lowest BCUT2D eigenvalue weighted by Crippen LogP contribution is -1.90. The molecule has 4 heteroatoms. The number of nitro groups is 1. The van der Waals surface area contributed by atoms with Gasteiger partial charge in [0.25, 0.3) is 5.69 Å². The highest BCUT2D eigenvalue weighted by Gasteiger charge is 2.08. The van der Waals surface area contributed by atoms with Gasteiger partial charge in [0.05, 0.1) is 10.5 Å². The van der Waals surface area contributed by atoms with Crippen molar-refractivity contribution >= 4 is 17.8 Å². The molecule has 1 heterocycles. The Labute approximate surface area is 98.4 Å². The van der Waals surface area contributed by atoms with Gasteiger partial charge in [-0.15, -0.1) is 0 Å². The van der Waals surface area contributed by atoms with Gasteiger partial charge in [-0.25, -0.2) is 0 Å². The zero-order chi connectivity index (χ0) is 12.1. The predicted molar refractivity (Wildman–Crippen MR) is 66.3 cm³/mol. The minimum Gasteiger partial charge on any atom is -0.264 e. The van der Waals surface area contributed by atoms with Gasteiger partial charge in [0, 0.05) is 18.5 Å². The number of hydrogen-bond acceptors (Lipinski definition) is 3. The highest BCUT2D eigenvalue weighted by Crippen LogP contribution is 2.19. The molecule has 0 bridgehead atoms. The van der Waals surface area contributed by atoms with E-state index < -0.39 is 0 Å². The number of hydrogen-bond donors (Lipinski definition) is 0. The Morgan fingerprint density at radius 1 is 1.12 bits per heavy atom. The fourth-order valence-electron chi connectivity index (χ4n) is 1.46. The van der Waals surface area contributed by atoms with E-state index in [-0.39, 0.29) is 10.6 Å². The Kier molecular flexibility index (Phi) is 3.25. The first-order chi connectivity index (χ1) is 8.27. The lowest BCUT2D eigenvalue weighted by molar-refractivity contribution is -0.385. The molecule has 0 radical (unpaired) electrons. The zero-order valence-electron chi connectivity index (χ0n) is 8.98. The van der Waals surface area contributed by atoms with Crippen LogP contribution < -0.4 is 0 Å². The smallest absolute Gasteiger partial charge is 0.264 e. The standard InChI is InChI=1S/C13H10N2O2/c16-15(17)13-6-2-1-5-12(13)8-7-11-4-3-9-14-10-11/h1-10H/b8-7-. The summed E-state index contributed by atoms with van der Waals surface area (Å²) >= 11 is 0. The highest BCUT2D eigenvalue weighted by molar-refractivity contribution is 5.73. The van der Waals surface area contributed by atoms with E-state index in [1.165, 1.54) is 6.07 Å². The number of pyridine rings is 1. The van der Waals surface area contributed by atoms with Crippen LogP contribution in [0.1, 0.15) is 11.1 Å². The quantitative estimate of drug-likeness (QED) is 0.596. The van der Waals surface area contributed by atoms with E-state index in [1.54, 1.807) is 42.7 Å². The number of nitrogens with zero attached hydrogens (tertiary/aromatic N) is 2. The van der Waals surface area contributed by atoms with Crippen LogP contribution in [0, 0.1) is 10.1 Å². The van der Waals surface area contributed by atoms with Crippen LogP contribution >= 0.6 is 0 Å². The average molecular weight is 226 g/mol. The Morgan fingerprint density at radius 2 is 1.94 bits per heavy atom. The van der Waals surface area contributed by atoms with E-state index >= 15 is 0 Å². The largest absolute Gasteiger partial charge is 0.276 e.